The third-order valence-electron chi connectivity index (χ3n) is 5.12. The molecule has 0 bridgehead atoms. The molecule has 0 aliphatic rings. The van der Waals surface area contributed by atoms with E-state index in [0.717, 1.165) is 16.9 Å². The van der Waals surface area contributed by atoms with Gasteiger partial charge in [0.05, 0.1) is 30.9 Å². The highest BCUT2D eigenvalue weighted by molar-refractivity contribution is 6.04. The summed E-state index contributed by atoms with van der Waals surface area (Å²) in [4.78, 5) is 27.4. The largest absolute Gasteiger partial charge is 0.497 e. The van der Waals surface area contributed by atoms with Crippen LogP contribution in [0.25, 0.3) is 0 Å². The average Bonchev–Trinajstić information content (AvgIpc) is 2.80. The Kier molecular flexibility index (Phi) is 8.00. The quantitative estimate of drug-likeness (QED) is 0.531. The Labute approximate surface area is 189 Å². The van der Waals surface area contributed by atoms with Crippen molar-refractivity contribution in [3.05, 3.63) is 95.6 Å². The first-order valence-electron chi connectivity index (χ1n) is 10.5. The van der Waals surface area contributed by atoms with Crippen LogP contribution in [-0.4, -0.2) is 37.4 Å². The molecule has 2 amide bonds. The highest BCUT2D eigenvalue weighted by Crippen LogP contribution is 2.18. The molecule has 0 radical (unpaired) electrons. The van der Waals surface area contributed by atoms with Crippen molar-refractivity contribution in [2.45, 2.75) is 19.5 Å². The summed E-state index contributed by atoms with van der Waals surface area (Å²) in [5.41, 5.74) is 3.02. The van der Waals surface area contributed by atoms with Crippen LogP contribution < -0.4 is 15.4 Å². The molecule has 166 valence electrons. The number of ether oxygens (including phenoxy) is 1. The van der Waals surface area contributed by atoms with Gasteiger partial charge in [-0.2, -0.15) is 0 Å². The number of carbonyl (C=O) groups excluding carboxylic acids is 2. The van der Waals surface area contributed by atoms with Gasteiger partial charge in [0.2, 0.25) is 5.91 Å². The first kappa shape index (κ1) is 23.0. The van der Waals surface area contributed by atoms with E-state index in [4.69, 9.17) is 4.74 Å². The maximum atomic E-state index is 12.9. The van der Waals surface area contributed by atoms with Crippen molar-refractivity contribution < 1.29 is 14.3 Å². The first-order valence-corrected chi connectivity index (χ1v) is 10.5. The van der Waals surface area contributed by atoms with Gasteiger partial charge in [-0.1, -0.05) is 54.6 Å². The van der Waals surface area contributed by atoms with Gasteiger partial charge in [0.25, 0.3) is 5.91 Å². The van der Waals surface area contributed by atoms with E-state index in [2.05, 4.69) is 10.6 Å². The predicted octanol–water partition coefficient (Wildman–Crippen LogP) is 4.26. The average molecular weight is 432 g/mol. The lowest BCUT2D eigenvalue weighted by molar-refractivity contribution is -0.117. The van der Waals surface area contributed by atoms with E-state index in [0.29, 0.717) is 17.8 Å². The molecule has 1 unspecified atom stereocenters. The molecule has 0 saturated carbocycles. The van der Waals surface area contributed by atoms with Gasteiger partial charge in [0.1, 0.15) is 5.75 Å². The molecular weight excluding hydrogens is 402 g/mol. The van der Waals surface area contributed by atoms with E-state index >= 15 is 0 Å². The summed E-state index contributed by atoms with van der Waals surface area (Å²) in [7, 11) is 3.51. The second-order valence-electron chi connectivity index (χ2n) is 7.72. The van der Waals surface area contributed by atoms with Crippen LogP contribution in [-0.2, 0) is 11.3 Å². The number of nitrogens with one attached hydrogen (secondary N) is 2. The van der Waals surface area contributed by atoms with Crippen LogP contribution in [0.1, 0.15) is 34.5 Å². The molecule has 0 spiro atoms. The van der Waals surface area contributed by atoms with Crippen molar-refractivity contribution in [3.8, 4) is 5.75 Å². The predicted molar refractivity (Wildman–Crippen MR) is 127 cm³/mol. The molecule has 3 rings (SSSR count). The van der Waals surface area contributed by atoms with Crippen molar-refractivity contribution >= 4 is 17.5 Å². The minimum atomic E-state index is -0.233. The Bertz CT molecular complexity index is 1040. The van der Waals surface area contributed by atoms with Crippen molar-refractivity contribution in [3.63, 3.8) is 0 Å². The number of carbonyl (C=O) groups is 2. The monoisotopic (exact) mass is 431 g/mol. The van der Waals surface area contributed by atoms with E-state index < -0.39 is 0 Å². The molecule has 1 atom stereocenters. The summed E-state index contributed by atoms with van der Waals surface area (Å²) in [5.74, 6) is 0.381. The standard InChI is InChI=1S/C26H29N3O3/c1-19(21-9-5-4-6-10-21)27-26(31)23-11-7-8-12-24(23)28-25(30)18-29(2)17-20-13-15-22(32-3)16-14-20/h4-16,19H,17-18H2,1-3H3,(H,27,31)(H,28,30). The molecule has 3 aromatic rings. The summed E-state index contributed by atoms with van der Waals surface area (Å²) in [6, 6.07) is 24.4. The van der Waals surface area contributed by atoms with Crippen LogP contribution >= 0.6 is 0 Å². The van der Waals surface area contributed by atoms with Crippen LogP contribution in [0.15, 0.2) is 78.9 Å². The number of amides is 2. The normalized spacial score (nSPS) is 11.6. The van der Waals surface area contributed by atoms with Gasteiger partial charge in [0, 0.05) is 6.54 Å². The van der Waals surface area contributed by atoms with Gasteiger partial charge in [0.15, 0.2) is 0 Å². The molecule has 0 aliphatic carbocycles. The number of rotatable bonds is 9. The number of anilines is 1. The highest BCUT2D eigenvalue weighted by Gasteiger charge is 2.16. The van der Waals surface area contributed by atoms with Crippen molar-refractivity contribution in [1.29, 1.82) is 0 Å². The van der Waals surface area contributed by atoms with Gasteiger partial charge in [-0.05, 0) is 49.4 Å². The van der Waals surface area contributed by atoms with Crippen molar-refractivity contribution in [1.82, 2.24) is 10.2 Å². The van der Waals surface area contributed by atoms with Crippen molar-refractivity contribution in [2.24, 2.45) is 0 Å². The lowest BCUT2D eigenvalue weighted by atomic mass is 10.1. The van der Waals surface area contributed by atoms with E-state index in [9.17, 15) is 9.59 Å². The number of likely N-dealkylation sites (N-methyl/N-ethyl adjacent to an activating group) is 1. The zero-order chi connectivity index (χ0) is 22.9. The fraction of sp³-hybridized carbons (Fsp3) is 0.231. The molecule has 0 fully saturated rings. The van der Waals surface area contributed by atoms with Gasteiger partial charge in [-0.15, -0.1) is 0 Å². The molecule has 0 aliphatic heterocycles. The topological polar surface area (TPSA) is 70.7 Å². The maximum Gasteiger partial charge on any atom is 0.253 e. The summed E-state index contributed by atoms with van der Waals surface area (Å²) in [5, 5.41) is 5.88. The summed E-state index contributed by atoms with van der Waals surface area (Å²) in [6.07, 6.45) is 0. The lowest BCUT2D eigenvalue weighted by Gasteiger charge is -2.18. The van der Waals surface area contributed by atoms with Gasteiger partial charge >= 0.3 is 0 Å². The van der Waals surface area contributed by atoms with E-state index in [1.54, 1.807) is 31.4 Å². The second-order valence-corrected chi connectivity index (χ2v) is 7.72. The van der Waals surface area contributed by atoms with Crippen LogP contribution in [0.5, 0.6) is 5.75 Å². The Morgan fingerprint density at radius 2 is 1.59 bits per heavy atom. The Hall–Kier alpha value is -3.64. The summed E-state index contributed by atoms with van der Waals surface area (Å²) >= 11 is 0. The molecule has 6 heteroatoms. The Balaban J connectivity index is 1.59. The third kappa shape index (κ3) is 6.43. The molecule has 0 saturated heterocycles. The molecule has 6 nitrogen and oxygen atoms in total. The lowest BCUT2D eigenvalue weighted by Crippen LogP contribution is -2.31. The van der Waals surface area contributed by atoms with Gasteiger partial charge in [-0.25, -0.2) is 0 Å². The highest BCUT2D eigenvalue weighted by atomic mass is 16.5. The third-order valence-corrected chi connectivity index (χ3v) is 5.12. The molecular formula is C26H29N3O3. The first-order chi connectivity index (χ1) is 15.5. The van der Waals surface area contributed by atoms with E-state index in [1.165, 1.54) is 0 Å². The van der Waals surface area contributed by atoms with Crippen LogP contribution in [0.3, 0.4) is 0 Å². The smallest absolute Gasteiger partial charge is 0.253 e. The van der Waals surface area contributed by atoms with Gasteiger partial charge in [-0.3, -0.25) is 14.5 Å². The number of para-hydroxylation sites is 1. The molecule has 32 heavy (non-hydrogen) atoms. The minimum Gasteiger partial charge on any atom is -0.497 e. The van der Waals surface area contributed by atoms with Crippen LogP contribution in [0, 0.1) is 0 Å². The van der Waals surface area contributed by atoms with Gasteiger partial charge < -0.3 is 15.4 Å². The van der Waals surface area contributed by atoms with E-state index in [-0.39, 0.29) is 24.4 Å². The molecule has 3 aromatic carbocycles. The number of hydrogen-bond donors (Lipinski definition) is 2. The molecule has 0 heterocycles. The minimum absolute atomic E-state index is 0.150. The zero-order valence-electron chi connectivity index (χ0n) is 18.7. The summed E-state index contributed by atoms with van der Waals surface area (Å²) in [6.45, 7) is 2.75. The number of nitrogens with zero attached hydrogens (tertiary/aromatic N) is 1. The van der Waals surface area contributed by atoms with Crippen LogP contribution in [0.4, 0.5) is 5.69 Å². The molecule has 2 N–H and O–H groups in total. The number of benzene rings is 3. The number of hydrogen-bond acceptors (Lipinski definition) is 4. The Morgan fingerprint density at radius 1 is 0.938 bits per heavy atom. The number of methoxy groups -OCH3 is 1. The van der Waals surface area contributed by atoms with Crippen LogP contribution in [0.2, 0.25) is 0 Å². The fourth-order valence-corrected chi connectivity index (χ4v) is 3.42. The van der Waals surface area contributed by atoms with Crippen molar-refractivity contribution in [2.75, 3.05) is 26.0 Å². The van der Waals surface area contributed by atoms with E-state index in [1.807, 2.05) is 73.5 Å². The Morgan fingerprint density at radius 3 is 2.28 bits per heavy atom. The fourth-order valence-electron chi connectivity index (χ4n) is 3.42. The maximum absolute atomic E-state index is 12.9. The zero-order valence-corrected chi connectivity index (χ0v) is 18.7. The molecule has 0 aromatic heterocycles. The summed E-state index contributed by atoms with van der Waals surface area (Å²) < 4.78 is 5.17. The second kappa shape index (κ2) is 11.1. The SMILES string of the molecule is COc1ccc(CN(C)CC(=O)Nc2ccccc2C(=O)NC(C)c2ccccc2)cc1.